The van der Waals surface area contributed by atoms with E-state index in [2.05, 4.69) is 20.9 Å². The van der Waals surface area contributed by atoms with Crippen LogP contribution < -0.4 is 32.7 Å². The highest BCUT2D eigenvalue weighted by molar-refractivity contribution is 6.07. The lowest BCUT2D eigenvalue weighted by Crippen LogP contribution is -2.53. The van der Waals surface area contributed by atoms with Crippen LogP contribution in [0.1, 0.15) is 40.0 Å². The van der Waals surface area contributed by atoms with E-state index in [4.69, 9.17) is 16.6 Å². The maximum Gasteiger partial charge on any atom is 0.305 e. The Morgan fingerprint density at radius 3 is 1.90 bits per heavy atom. The van der Waals surface area contributed by atoms with Gasteiger partial charge in [0.05, 0.1) is 13.0 Å². The van der Waals surface area contributed by atoms with Crippen molar-refractivity contribution in [2.45, 2.75) is 31.3 Å². The van der Waals surface area contributed by atoms with E-state index >= 15 is 0 Å². The smallest absolute Gasteiger partial charge is 0.305 e. The summed E-state index contributed by atoms with van der Waals surface area (Å²) in [5.41, 5.74) is 11.1. The second-order valence-electron chi connectivity index (χ2n) is 8.46. The van der Waals surface area contributed by atoms with Gasteiger partial charge in [-0.3, -0.25) is 39.1 Å². The van der Waals surface area contributed by atoms with Crippen LogP contribution in [0.5, 0.6) is 0 Å². The Morgan fingerprint density at radius 2 is 1.35 bits per heavy atom. The van der Waals surface area contributed by atoms with Crippen molar-refractivity contribution in [2.75, 3.05) is 13.1 Å². The Morgan fingerprint density at radius 1 is 0.775 bits per heavy atom. The van der Waals surface area contributed by atoms with Gasteiger partial charge in [-0.05, 0) is 37.1 Å². The quantitative estimate of drug-likeness (QED) is 0.0850. The molecule has 14 nitrogen and oxygen atoms in total. The van der Waals surface area contributed by atoms with Gasteiger partial charge < -0.3 is 32.5 Å². The molecule has 2 aromatic rings. The number of carboxylic acids is 1. The van der Waals surface area contributed by atoms with Crippen LogP contribution >= 0.6 is 0 Å². The van der Waals surface area contributed by atoms with Crippen molar-refractivity contribution in [1.82, 2.24) is 21.3 Å². The van der Waals surface area contributed by atoms with Gasteiger partial charge in [0.2, 0.25) is 17.7 Å². The number of carbonyl (C=O) groups excluding carboxylic acids is 5. The number of hydrogen-bond acceptors (Lipinski definition) is 7. The molecule has 40 heavy (non-hydrogen) atoms. The van der Waals surface area contributed by atoms with Gasteiger partial charge in [-0.2, -0.15) is 0 Å². The summed E-state index contributed by atoms with van der Waals surface area (Å²) in [7, 11) is 0. The molecule has 2 aromatic carbocycles. The van der Waals surface area contributed by atoms with Crippen molar-refractivity contribution >= 4 is 41.5 Å². The Bertz CT molecular complexity index is 1230. The highest BCUT2D eigenvalue weighted by Gasteiger charge is 2.27. The van der Waals surface area contributed by atoms with Crippen LogP contribution in [0.4, 0.5) is 0 Å². The van der Waals surface area contributed by atoms with Crippen LogP contribution in [0.15, 0.2) is 65.7 Å². The monoisotopic (exact) mass is 553 g/mol. The largest absolute Gasteiger partial charge is 0.481 e. The molecule has 0 aliphatic heterocycles. The zero-order chi connectivity index (χ0) is 29.5. The number of amides is 5. The van der Waals surface area contributed by atoms with Crippen LogP contribution in [0, 0.1) is 0 Å². The second kappa shape index (κ2) is 15.9. The van der Waals surface area contributed by atoms with Gasteiger partial charge in [0, 0.05) is 17.7 Å². The molecule has 0 aromatic heterocycles. The molecule has 5 amide bonds. The maximum atomic E-state index is 12.8. The van der Waals surface area contributed by atoms with E-state index in [1.54, 1.807) is 48.5 Å². The van der Waals surface area contributed by atoms with Gasteiger partial charge >= 0.3 is 5.97 Å². The predicted molar refractivity (Wildman–Crippen MR) is 144 cm³/mol. The predicted octanol–water partition coefficient (Wildman–Crippen LogP) is -1.13. The summed E-state index contributed by atoms with van der Waals surface area (Å²) in [4.78, 5) is 77.8. The number of aliphatic imine (C=N–C) groups is 1. The first-order valence-corrected chi connectivity index (χ1v) is 12.2. The summed E-state index contributed by atoms with van der Waals surface area (Å²) in [6.45, 7) is -0.442. The van der Waals surface area contributed by atoms with E-state index in [0.29, 0.717) is 12.0 Å². The normalized spacial score (nSPS) is 11.7. The van der Waals surface area contributed by atoms with Crippen molar-refractivity contribution in [3.8, 4) is 0 Å². The summed E-state index contributed by atoms with van der Waals surface area (Å²) in [6, 6.07) is 13.2. The van der Waals surface area contributed by atoms with Gasteiger partial charge in [0.15, 0.2) is 5.96 Å². The molecule has 0 radical (unpaired) electrons. The number of imide groups is 1. The molecular weight excluding hydrogens is 522 g/mol. The van der Waals surface area contributed by atoms with Gasteiger partial charge in [0.1, 0.15) is 12.1 Å². The molecule has 0 spiro atoms. The molecular formula is C26H31N7O7. The number of carboxylic acid groups (broad SMARTS) is 1. The summed E-state index contributed by atoms with van der Waals surface area (Å²) in [6.07, 6.45) is -0.351. The van der Waals surface area contributed by atoms with Gasteiger partial charge in [-0.25, -0.2) is 0 Å². The van der Waals surface area contributed by atoms with Crippen molar-refractivity contribution in [1.29, 1.82) is 0 Å². The second-order valence-corrected chi connectivity index (χ2v) is 8.46. The lowest BCUT2D eigenvalue weighted by atomic mass is 10.1. The number of hydrogen-bond donors (Lipinski definition) is 7. The first-order chi connectivity index (χ1) is 19.1. The number of guanidine groups is 1. The fourth-order valence-electron chi connectivity index (χ4n) is 3.38. The summed E-state index contributed by atoms with van der Waals surface area (Å²) < 4.78 is 0. The Labute approximate surface area is 229 Å². The number of nitrogens with zero attached hydrogens (tertiary/aromatic N) is 1. The molecule has 2 atom stereocenters. The third-order valence-corrected chi connectivity index (χ3v) is 5.33. The van der Waals surface area contributed by atoms with E-state index < -0.39 is 60.6 Å². The summed E-state index contributed by atoms with van der Waals surface area (Å²) in [5, 5.41) is 18.3. The minimum absolute atomic E-state index is 0.128. The van der Waals surface area contributed by atoms with Crippen LogP contribution in [0.3, 0.4) is 0 Å². The Kier molecular flexibility index (Phi) is 12.3. The number of benzene rings is 2. The number of aliphatic carboxylic acids is 1. The van der Waals surface area contributed by atoms with Gasteiger partial charge in [0.25, 0.3) is 11.8 Å². The number of rotatable bonds is 14. The summed E-state index contributed by atoms with van der Waals surface area (Å²) in [5.74, 6) is -5.46. The van der Waals surface area contributed by atoms with E-state index in [9.17, 15) is 28.8 Å². The number of carbonyl (C=O) groups is 6. The minimum atomic E-state index is -1.59. The van der Waals surface area contributed by atoms with Crippen molar-refractivity contribution in [2.24, 2.45) is 16.5 Å². The van der Waals surface area contributed by atoms with Crippen molar-refractivity contribution < 1.29 is 33.9 Å². The topological polar surface area (TPSA) is 235 Å². The molecule has 14 heteroatoms. The SMILES string of the molecule is NC(N)=NCCC[C@H](NC(=O)c1ccccc1)C(=O)NCC(=O)N[C@@H](CC(=O)O)C(=O)NC(=O)c1ccccc1. The molecule has 0 saturated carbocycles. The fourth-order valence-corrected chi connectivity index (χ4v) is 3.38. The first kappa shape index (κ1) is 31.0. The van der Waals surface area contributed by atoms with Gasteiger partial charge in [-0.15, -0.1) is 0 Å². The Hall–Kier alpha value is -5.27. The van der Waals surface area contributed by atoms with Crippen molar-refractivity contribution in [3.05, 3.63) is 71.8 Å². The fraction of sp³-hybridized carbons (Fsp3) is 0.269. The minimum Gasteiger partial charge on any atom is -0.481 e. The molecule has 0 aliphatic rings. The summed E-state index contributed by atoms with van der Waals surface area (Å²) >= 11 is 0. The molecule has 0 saturated heterocycles. The zero-order valence-electron chi connectivity index (χ0n) is 21.5. The maximum absolute atomic E-state index is 12.8. The third kappa shape index (κ3) is 11.0. The highest BCUT2D eigenvalue weighted by atomic mass is 16.4. The highest BCUT2D eigenvalue weighted by Crippen LogP contribution is 2.04. The standard InChI is InChI=1S/C26H31N7O7/c27-26(28)29-13-7-12-18(32-22(37)16-8-3-1-4-9-16)24(39)30-15-20(34)31-19(14-21(35)36)25(40)33-23(38)17-10-5-2-6-11-17/h1-6,8-11,18-19H,7,12-15H2,(H,30,39)(H,31,34)(H,32,37)(H,35,36)(H4,27,28,29)(H,33,38,40)/t18-,19-/m0/s1. The molecule has 0 heterocycles. The van der Waals surface area contributed by atoms with E-state index in [1.165, 1.54) is 12.1 Å². The average Bonchev–Trinajstić information content (AvgIpc) is 2.93. The average molecular weight is 554 g/mol. The van der Waals surface area contributed by atoms with Crippen LogP contribution in [0.2, 0.25) is 0 Å². The first-order valence-electron chi connectivity index (χ1n) is 12.2. The lowest BCUT2D eigenvalue weighted by molar-refractivity contribution is -0.140. The molecule has 0 aliphatic carbocycles. The Balaban J connectivity index is 2.00. The number of nitrogens with two attached hydrogens (primary N) is 2. The van der Waals surface area contributed by atoms with Crippen LogP contribution in [-0.2, 0) is 19.2 Å². The van der Waals surface area contributed by atoms with Crippen molar-refractivity contribution in [3.63, 3.8) is 0 Å². The third-order valence-electron chi connectivity index (χ3n) is 5.33. The molecule has 0 unspecified atom stereocenters. The molecule has 9 N–H and O–H groups in total. The molecule has 0 bridgehead atoms. The van der Waals surface area contributed by atoms with Gasteiger partial charge in [-0.1, -0.05) is 36.4 Å². The molecule has 2 rings (SSSR count). The zero-order valence-corrected chi connectivity index (χ0v) is 21.5. The van der Waals surface area contributed by atoms with Crippen LogP contribution in [0.25, 0.3) is 0 Å². The molecule has 212 valence electrons. The van der Waals surface area contributed by atoms with Crippen LogP contribution in [-0.4, -0.2) is 71.7 Å². The van der Waals surface area contributed by atoms with E-state index in [0.717, 1.165) is 0 Å². The molecule has 0 fully saturated rings. The number of nitrogens with one attached hydrogen (secondary N) is 4. The lowest BCUT2D eigenvalue weighted by Gasteiger charge is -2.19. The van der Waals surface area contributed by atoms with E-state index in [-0.39, 0.29) is 24.5 Å². The van der Waals surface area contributed by atoms with E-state index in [1.807, 2.05) is 5.32 Å².